The number of likely N-dealkylation sites (tertiary alicyclic amines) is 1. The third-order valence-corrected chi connectivity index (χ3v) is 6.63. The highest BCUT2D eigenvalue weighted by molar-refractivity contribution is 8.01. The lowest BCUT2D eigenvalue weighted by Gasteiger charge is -2.12. The van der Waals surface area contributed by atoms with Crippen LogP contribution in [-0.2, 0) is 11.3 Å². The molecule has 2 aromatic rings. The van der Waals surface area contributed by atoms with E-state index in [9.17, 15) is 4.79 Å². The van der Waals surface area contributed by atoms with Crippen molar-refractivity contribution in [2.24, 2.45) is 0 Å². The molecular formula is C18H24N5OS2+. The summed E-state index contributed by atoms with van der Waals surface area (Å²) in [6.07, 6.45) is 5.10. The number of carbonyl (C=O) groups excluding carboxylic acids is 1. The number of nitrogens with zero attached hydrogens (tertiary/aromatic N) is 2. The monoisotopic (exact) mass is 390 g/mol. The second kappa shape index (κ2) is 8.37. The van der Waals surface area contributed by atoms with E-state index in [2.05, 4.69) is 33.0 Å². The molecule has 6 nitrogen and oxygen atoms in total. The largest absolute Gasteiger partial charge is 0.357 e. The fourth-order valence-corrected chi connectivity index (χ4v) is 4.73. The van der Waals surface area contributed by atoms with Crippen molar-refractivity contribution in [1.82, 2.24) is 10.2 Å². The van der Waals surface area contributed by atoms with Gasteiger partial charge in [-0.1, -0.05) is 35.2 Å². The summed E-state index contributed by atoms with van der Waals surface area (Å²) in [5, 5.41) is 15.4. The molecule has 1 saturated heterocycles. The summed E-state index contributed by atoms with van der Waals surface area (Å²) < 4.78 is 0.826. The summed E-state index contributed by atoms with van der Waals surface area (Å²) in [5.74, 6) is 0.331. The van der Waals surface area contributed by atoms with Gasteiger partial charge in [0.2, 0.25) is 11.0 Å². The highest BCUT2D eigenvalue weighted by atomic mass is 32.2. The Hall–Kier alpha value is -1.64. The molecule has 1 aromatic carbocycles. The Morgan fingerprint density at radius 2 is 1.96 bits per heavy atom. The summed E-state index contributed by atoms with van der Waals surface area (Å²) in [4.78, 5) is 13.8. The minimum Gasteiger partial charge on any atom is -0.357 e. The van der Waals surface area contributed by atoms with E-state index < -0.39 is 0 Å². The third kappa shape index (κ3) is 5.18. The topological polar surface area (TPSA) is 71.3 Å². The maximum absolute atomic E-state index is 12.1. The lowest BCUT2D eigenvalue weighted by molar-refractivity contribution is -0.901. The molecule has 1 amide bonds. The van der Waals surface area contributed by atoms with Crippen molar-refractivity contribution in [3.05, 3.63) is 29.8 Å². The first-order chi connectivity index (χ1) is 12.7. The van der Waals surface area contributed by atoms with Gasteiger partial charge in [0, 0.05) is 30.1 Å². The molecule has 1 aliphatic heterocycles. The average molecular weight is 391 g/mol. The van der Waals surface area contributed by atoms with Crippen molar-refractivity contribution >= 4 is 39.8 Å². The summed E-state index contributed by atoms with van der Waals surface area (Å²) in [6.45, 7) is 3.64. The maximum Gasteiger partial charge on any atom is 0.234 e. The van der Waals surface area contributed by atoms with E-state index in [1.165, 1.54) is 67.4 Å². The number of carbonyl (C=O) groups is 1. The van der Waals surface area contributed by atoms with E-state index in [0.29, 0.717) is 11.8 Å². The van der Waals surface area contributed by atoms with Crippen LogP contribution in [-0.4, -0.2) is 41.0 Å². The molecule has 1 saturated carbocycles. The smallest absolute Gasteiger partial charge is 0.234 e. The Labute approximate surface area is 161 Å². The van der Waals surface area contributed by atoms with E-state index >= 15 is 0 Å². The van der Waals surface area contributed by atoms with Gasteiger partial charge in [-0.25, -0.2) is 0 Å². The molecule has 2 heterocycles. The van der Waals surface area contributed by atoms with Crippen LogP contribution in [0, 0.1) is 0 Å². The van der Waals surface area contributed by atoms with Crippen molar-refractivity contribution in [3.8, 4) is 0 Å². The van der Waals surface area contributed by atoms with Crippen LogP contribution in [0.3, 0.4) is 0 Å². The van der Waals surface area contributed by atoms with Crippen molar-refractivity contribution in [3.63, 3.8) is 0 Å². The van der Waals surface area contributed by atoms with Crippen LogP contribution in [0.2, 0.25) is 0 Å². The van der Waals surface area contributed by atoms with Crippen molar-refractivity contribution in [2.45, 2.75) is 42.6 Å². The molecule has 26 heavy (non-hydrogen) atoms. The quantitative estimate of drug-likeness (QED) is 0.602. The summed E-state index contributed by atoms with van der Waals surface area (Å²) >= 11 is 2.94. The molecule has 0 bridgehead atoms. The van der Waals surface area contributed by atoms with Crippen LogP contribution in [0.1, 0.15) is 31.2 Å². The number of anilines is 2. The highest BCUT2D eigenvalue weighted by Crippen LogP contribution is 2.30. The van der Waals surface area contributed by atoms with Crippen LogP contribution in [0.25, 0.3) is 0 Å². The van der Waals surface area contributed by atoms with E-state index in [-0.39, 0.29) is 5.91 Å². The zero-order valence-electron chi connectivity index (χ0n) is 14.7. The summed E-state index contributed by atoms with van der Waals surface area (Å²) in [7, 11) is 0. The fourth-order valence-electron chi connectivity index (χ4n) is 3.10. The molecule has 3 N–H and O–H groups in total. The van der Waals surface area contributed by atoms with Gasteiger partial charge < -0.3 is 15.5 Å². The normalized spacial score (nSPS) is 17.4. The molecule has 138 valence electrons. The highest BCUT2D eigenvalue weighted by Gasteiger charge is 2.22. The molecule has 1 aromatic heterocycles. The van der Waals surface area contributed by atoms with Crippen LogP contribution in [0.4, 0.5) is 10.8 Å². The summed E-state index contributed by atoms with van der Waals surface area (Å²) in [6, 6.07) is 8.80. The SMILES string of the molecule is O=C(CSc1nnc(NC2CC2)s1)Nc1ccc(C[NH+]2CCCC2)cc1. The van der Waals surface area contributed by atoms with Gasteiger partial charge >= 0.3 is 0 Å². The Morgan fingerprint density at radius 3 is 2.69 bits per heavy atom. The number of benzene rings is 1. The zero-order valence-corrected chi connectivity index (χ0v) is 16.3. The zero-order chi connectivity index (χ0) is 17.8. The average Bonchev–Trinajstić information content (AvgIpc) is 3.11. The van der Waals surface area contributed by atoms with Gasteiger partial charge in [0.05, 0.1) is 18.8 Å². The van der Waals surface area contributed by atoms with Crippen molar-refractivity contribution < 1.29 is 9.69 Å². The number of amides is 1. The third-order valence-electron chi connectivity index (χ3n) is 4.64. The van der Waals surface area contributed by atoms with Crippen LogP contribution >= 0.6 is 23.1 Å². The van der Waals surface area contributed by atoms with Gasteiger partial charge in [0.1, 0.15) is 6.54 Å². The molecule has 2 fully saturated rings. The number of aromatic nitrogens is 2. The predicted molar refractivity (Wildman–Crippen MR) is 106 cm³/mol. The van der Waals surface area contributed by atoms with Crippen LogP contribution < -0.4 is 15.5 Å². The molecule has 1 aliphatic carbocycles. The second-order valence-electron chi connectivity index (χ2n) is 6.96. The van der Waals surface area contributed by atoms with Gasteiger partial charge in [-0.15, -0.1) is 10.2 Å². The van der Waals surface area contributed by atoms with E-state index in [1.54, 1.807) is 4.90 Å². The van der Waals surface area contributed by atoms with Gasteiger partial charge in [0.15, 0.2) is 4.34 Å². The molecule has 0 spiro atoms. The number of nitrogens with one attached hydrogen (secondary N) is 3. The standard InChI is InChI=1S/C18H23N5OS2/c24-16(12-25-18-22-21-17(26-18)20-15-7-8-15)19-14-5-3-13(4-6-14)11-23-9-1-2-10-23/h3-6,15H,1-2,7-12H2,(H,19,24)(H,20,21)/p+1. The Balaban J connectivity index is 1.21. The van der Waals surface area contributed by atoms with E-state index in [1.807, 2.05) is 12.1 Å². The minimum atomic E-state index is -0.0141. The molecule has 0 unspecified atom stereocenters. The van der Waals surface area contributed by atoms with E-state index in [4.69, 9.17) is 0 Å². The predicted octanol–water partition coefficient (Wildman–Crippen LogP) is 2.02. The Bertz CT molecular complexity index is 738. The van der Waals surface area contributed by atoms with Gasteiger partial charge in [-0.3, -0.25) is 4.79 Å². The lowest BCUT2D eigenvalue weighted by atomic mass is 10.2. The molecule has 0 atom stereocenters. The van der Waals surface area contributed by atoms with Crippen molar-refractivity contribution in [2.75, 3.05) is 29.5 Å². The Morgan fingerprint density at radius 1 is 1.19 bits per heavy atom. The van der Waals surface area contributed by atoms with Gasteiger partial charge in [-0.2, -0.15) is 0 Å². The number of thioether (sulfide) groups is 1. The molecule has 2 aliphatic rings. The maximum atomic E-state index is 12.1. The van der Waals surface area contributed by atoms with Gasteiger partial charge in [0.25, 0.3) is 0 Å². The molecular weight excluding hydrogens is 366 g/mol. The first kappa shape index (κ1) is 17.8. The molecule has 0 radical (unpaired) electrons. The van der Waals surface area contributed by atoms with Gasteiger partial charge in [-0.05, 0) is 25.0 Å². The number of quaternary nitrogens is 1. The van der Waals surface area contributed by atoms with Crippen LogP contribution in [0.15, 0.2) is 28.6 Å². The Kier molecular flexibility index (Phi) is 5.72. The first-order valence-electron chi connectivity index (χ1n) is 9.20. The first-order valence-corrected chi connectivity index (χ1v) is 11.0. The van der Waals surface area contributed by atoms with E-state index in [0.717, 1.165) is 21.7 Å². The number of rotatable bonds is 8. The molecule has 4 rings (SSSR count). The van der Waals surface area contributed by atoms with Crippen LogP contribution in [0.5, 0.6) is 0 Å². The fraction of sp³-hybridized carbons (Fsp3) is 0.500. The molecule has 8 heteroatoms. The summed E-state index contributed by atoms with van der Waals surface area (Å²) in [5.41, 5.74) is 2.18. The number of hydrogen-bond donors (Lipinski definition) is 3. The lowest BCUT2D eigenvalue weighted by Crippen LogP contribution is -3.08. The van der Waals surface area contributed by atoms with Crippen molar-refractivity contribution in [1.29, 1.82) is 0 Å². The second-order valence-corrected chi connectivity index (χ2v) is 9.16. The number of hydrogen-bond acceptors (Lipinski definition) is 6. The minimum absolute atomic E-state index is 0.0141.